The van der Waals surface area contributed by atoms with Gasteiger partial charge in [0.25, 0.3) is 0 Å². The second-order valence-corrected chi connectivity index (χ2v) is 2.30. The number of nitrogens with one attached hydrogen (secondary N) is 1. The van der Waals surface area contributed by atoms with E-state index in [0.717, 1.165) is 0 Å². The van der Waals surface area contributed by atoms with Gasteiger partial charge in [0.2, 0.25) is 5.91 Å². The molecule has 0 aliphatic rings. The maximum Gasteiger partial charge on any atom is 0.246 e. The Labute approximate surface area is 72.2 Å². The predicted octanol–water partition coefficient (Wildman–Crippen LogP) is 1.59. The topological polar surface area (TPSA) is 29.1 Å². The van der Waals surface area contributed by atoms with E-state index in [1.165, 1.54) is 6.08 Å². The fourth-order valence-electron chi connectivity index (χ4n) is 0.833. The summed E-state index contributed by atoms with van der Waals surface area (Å²) in [6, 6.07) is 0. The number of hydrogen-bond donors (Lipinski definition) is 1. The van der Waals surface area contributed by atoms with Gasteiger partial charge in [0, 0.05) is 12.6 Å². The standard InChI is InChI=1S/C9H14FNO/c1-3-5-8(6-4-7-10)9(12)11-2/h3,5H,1,4,6-7H2,2H3,(H,11,12)/b8-5+. The van der Waals surface area contributed by atoms with Crippen LogP contribution in [0.5, 0.6) is 0 Å². The minimum absolute atomic E-state index is 0.164. The third-order valence-corrected chi connectivity index (χ3v) is 1.42. The summed E-state index contributed by atoms with van der Waals surface area (Å²) >= 11 is 0. The summed E-state index contributed by atoms with van der Waals surface area (Å²) in [7, 11) is 1.55. The molecule has 0 heterocycles. The molecule has 2 nitrogen and oxygen atoms in total. The zero-order valence-electron chi connectivity index (χ0n) is 7.27. The molecule has 0 aliphatic heterocycles. The first kappa shape index (κ1) is 10.9. The Morgan fingerprint density at radius 2 is 2.33 bits per heavy atom. The van der Waals surface area contributed by atoms with Crippen molar-refractivity contribution >= 4 is 5.91 Å². The highest BCUT2D eigenvalue weighted by atomic mass is 19.1. The molecule has 0 unspecified atom stereocenters. The van der Waals surface area contributed by atoms with Gasteiger partial charge in [-0.05, 0) is 12.8 Å². The van der Waals surface area contributed by atoms with Crippen molar-refractivity contribution in [2.75, 3.05) is 13.7 Å². The van der Waals surface area contributed by atoms with E-state index in [1.807, 2.05) is 0 Å². The van der Waals surface area contributed by atoms with Crippen molar-refractivity contribution in [3.05, 3.63) is 24.3 Å². The number of carbonyl (C=O) groups is 1. The molecule has 0 saturated carbocycles. The van der Waals surface area contributed by atoms with E-state index < -0.39 is 6.67 Å². The highest BCUT2D eigenvalue weighted by molar-refractivity contribution is 5.93. The van der Waals surface area contributed by atoms with Gasteiger partial charge in [0.05, 0.1) is 6.67 Å². The summed E-state index contributed by atoms with van der Waals surface area (Å²) in [5.74, 6) is -0.164. The fourth-order valence-corrected chi connectivity index (χ4v) is 0.833. The maximum atomic E-state index is 11.8. The first-order valence-electron chi connectivity index (χ1n) is 3.86. The summed E-state index contributed by atoms with van der Waals surface area (Å²) < 4.78 is 11.8. The van der Waals surface area contributed by atoms with Gasteiger partial charge in [-0.1, -0.05) is 18.7 Å². The zero-order chi connectivity index (χ0) is 9.40. The number of rotatable bonds is 5. The van der Waals surface area contributed by atoms with E-state index >= 15 is 0 Å². The van der Waals surface area contributed by atoms with Crippen molar-refractivity contribution in [3.8, 4) is 0 Å². The van der Waals surface area contributed by atoms with E-state index in [4.69, 9.17) is 0 Å². The van der Waals surface area contributed by atoms with Gasteiger partial charge in [-0.15, -0.1) is 0 Å². The highest BCUT2D eigenvalue weighted by Crippen LogP contribution is 2.05. The van der Waals surface area contributed by atoms with Gasteiger partial charge < -0.3 is 5.32 Å². The van der Waals surface area contributed by atoms with E-state index in [-0.39, 0.29) is 5.91 Å². The van der Waals surface area contributed by atoms with Gasteiger partial charge in [0.1, 0.15) is 0 Å². The summed E-state index contributed by atoms with van der Waals surface area (Å²) in [6.07, 6.45) is 3.98. The van der Waals surface area contributed by atoms with Crippen molar-refractivity contribution in [1.82, 2.24) is 5.32 Å². The largest absolute Gasteiger partial charge is 0.355 e. The predicted molar refractivity (Wildman–Crippen MR) is 47.6 cm³/mol. The Hall–Kier alpha value is -1.12. The summed E-state index contributed by atoms with van der Waals surface area (Å²) in [4.78, 5) is 11.1. The van der Waals surface area contributed by atoms with Crippen LogP contribution in [0.4, 0.5) is 4.39 Å². The third kappa shape index (κ3) is 3.91. The van der Waals surface area contributed by atoms with Crippen molar-refractivity contribution in [1.29, 1.82) is 0 Å². The SMILES string of the molecule is C=C/C=C(\CCCF)C(=O)NC. The molecule has 0 aromatic rings. The van der Waals surface area contributed by atoms with Crippen LogP contribution in [0, 0.1) is 0 Å². The third-order valence-electron chi connectivity index (χ3n) is 1.42. The Balaban J connectivity index is 4.13. The lowest BCUT2D eigenvalue weighted by atomic mass is 10.1. The van der Waals surface area contributed by atoms with E-state index in [0.29, 0.717) is 18.4 Å². The molecular formula is C9H14FNO. The Morgan fingerprint density at radius 1 is 1.67 bits per heavy atom. The molecule has 1 N–H and O–H groups in total. The maximum absolute atomic E-state index is 11.8. The lowest BCUT2D eigenvalue weighted by Crippen LogP contribution is -2.20. The number of alkyl halides is 1. The van der Waals surface area contributed by atoms with Crippen LogP contribution in [0.25, 0.3) is 0 Å². The van der Waals surface area contributed by atoms with Crippen LogP contribution in [-0.4, -0.2) is 19.6 Å². The number of carbonyl (C=O) groups excluding carboxylic acids is 1. The Morgan fingerprint density at radius 3 is 2.75 bits per heavy atom. The smallest absolute Gasteiger partial charge is 0.246 e. The molecule has 0 aromatic carbocycles. The molecule has 0 spiro atoms. The molecule has 0 radical (unpaired) electrons. The summed E-state index contributed by atoms with van der Waals surface area (Å²) in [5, 5.41) is 2.48. The number of hydrogen-bond acceptors (Lipinski definition) is 1. The van der Waals surface area contributed by atoms with Crippen LogP contribution in [0.2, 0.25) is 0 Å². The molecule has 0 bridgehead atoms. The molecule has 0 atom stereocenters. The van der Waals surface area contributed by atoms with Crippen molar-refractivity contribution in [2.45, 2.75) is 12.8 Å². The van der Waals surface area contributed by atoms with E-state index in [9.17, 15) is 9.18 Å². The molecule has 0 saturated heterocycles. The second-order valence-electron chi connectivity index (χ2n) is 2.30. The van der Waals surface area contributed by atoms with Crippen LogP contribution >= 0.6 is 0 Å². The van der Waals surface area contributed by atoms with Crippen LogP contribution in [0.3, 0.4) is 0 Å². The summed E-state index contributed by atoms with van der Waals surface area (Å²) in [6.45, 7) is 3.08. The molecule has 0 fully saturated rings. The van der Waals surface area contributed by atoms with Gasteiger partial charge in [0.15, 0.2) is 0 Å². The zero-order valence-corrected chi connectivity index (χ0v) is 7.27. The van der Waals surface area contributed by atoms with Crippen molar-refractivity contribution < 1.29 is 9.18 Å². The number of halogens is 1. The van der Waals surface area contributed by atoms with Crippen LogP contribution < -0.4 is 5.32 Å². The fraction of sp³-hybridized carbons (Fsp3) is 0.444. The quantitative estimate of drug-likeness (QED) is 0.494. The second kappa shape index (κ2) is 6.58. The minimum atomic E-state index is -0.397. The first-order valence-corrected chi connectivity index (χ1v) is 3.86. The average Bonchev–Trinajstić information content (AvgIpc) is 2.11. The molecule has 68 valence electrons. The molecule has 1 amide bonds. The number of amides is 1. The number of allylic oxidation sites excluding steroid dienone is 2. The molecule has 0 aromatic heterocycles. The minimum Gasteiger partial charge on any atom is -0.355 e. The molecule has 12 heavy (non-hydrogen) atoms. The van der Waals surface area contributed by atoms with Gasteiger partial charge in [-0.25, -0.2) is 0 Å². The van der Waals surface area contributed by atoms with E-state index in [1.54, 1.807) is 13.1 Å². The summed E-state index contributed by atoms with van der Waals surface area (Å²) in [5.41, 5.74) is 0.574. The van der Waals surface area contributed by atoms with Gasteiger partial charge >= 0.3 is 0 Å². The van der Waals surface area contributed by atoms with E-state index in [2.05, 4.69) is 11.9 Å². The lowest BCUT2D eigenvalue weighted by Gasteiger charge is -2.02. The monoisotopic (exact) mass is 171 g/mol. The molecule has 3 heteroatoms. The first-order chi connectivity index (χ1) is 5.76. The molecule has 0 aliphatic carbocycles. The number of likely N-dealkylation sites (N-methyl/N-ethyl adjacent to an activating group) is 1. The van der Waals surface area contributed by atoms with Crippen molar-refractivity contribution in [3.63, 3.8) is 0 Å². The Kier molecular flexibility index (Phi) is 5.97. The van der Waals surface area contributed by atoms with Crippen LogP contribution in [0.1, 0.15) is 12.8 Å². The molecule has 0 rings (SSSR count). The van der Waals surface area contributed by atoms with Crippen molar-refractivity contribution in [2.24, 2.45) is 0 Å². The highest BCUT2D eigenvalue weighted by Gasteiger charge is 2.04. The molecular weight excluding hydrogens is 157 g/mol. The average molecular weight is 171 g/mol. The van der Waals surface area contributed by atoms with Gasteiger partial charge in [-0.2, -0.15) is 0 Å². The lowest BCUT2D eigenvalue weighted by molar-refractivity contribution is -0.117. The van der Waals surface area contributed by atoms with Gasteiger partial charge in [-0.3, -0.25) is 9.18 Å². The normalized spacial score (nSPS) is 11.0. The van der Waals surface area contributed by atoms with Crippen LogP contribution in [0.15, 0.2) is 24.3 Å². The van der Waals surface area contributed by atoms with Crippen LogP contribution in [-0.2, 0) is 4.79 Å². The Bertz CT molecular complexity index is 187.